The lowest BCUT2D eigenvalue weighted by Crippen LogP contribution is -2.32. The normalized spacial score (nSPS) is 13.3. The number of carbonyl (C=O) groups is 2. The number of fused-ring (bicyclic) bond motifs is 1. The average molecular weight is 561 g/mol. The number of aryl methyl sites for hydroxylation is 1. The number of benzene rings is 2. The van der Waals surface area contributed by atoms with Crippen molar-refractivity contribution in [1.82, 2.24) is 4.57 Å². The summed E-state index contributed by atoms with van der Waals surface area (Å²) in [6.45, 7) is 8.09. The van der Waals surface area contributed by atoms with E-state index in [1.807, 2.05) is 6.07 Å². The SMILES string of the molecule is CCOC(=O)c1c(P(=O)(OC)c2cc(C)cc(C=CC#N)c2)c2c(F)c(Cl)ccc2n1C(=O)OC(C)(C)C. The number of aromatic nitrogens is 1. The first-order valence-corrected chi connectivity index (χ1v) is 13.6. The van der Waals surface area contributed by atoms with Gasteiger partial charge in [0.1, 0.15) is 5.60 Å². The molecule has 3 aromatic rings. The molecule has 200 valence electrons. The molecule has 0 radical (unpaired) electrons. The lowest BCUT2D eigenvalue weighted by atomic mass is 10.1. The van der Waals surface area contributed by atoms with Crippen molar-refractivity contribution in [3.63, 3.8) is 0 Å². The Morgan fingerprint density at radius 2 is 1.92 bits per heavy atom. The second-order valence-electron chi connectivity index (χ2n) is 9.29. The Morgan fingerprint density at radius 1 is 1.24 bits per heavy atom. The molecule has 3 rings (SSSR count). The monoisotopic (exact) mass is 560 g/mol. The zero-order valence-corrected chi connectivity index (χ0v) is 23.4. The van der Waals surface area contributed by atoms with Gasteiger partial charge in [0.2, 0.25) is 0 Å². The van der Waals surface area contributed by atoms with Gasteiger partial charge in [-0.25, -0.2) is 18.5 Å². The van der Waals surface area contributed by atoms with Crippen LogP contribution in [0.4, 0.5) is 9.18 Å². The van der Waals surface area contributed by atoms with E-state index in [-0.39, 0.29) is 33.1 Å². The quantitative estimate of drug-likeness (QED) is 0.203. The number of halogens is 2. The van der Waals surface area contributed by atoms with Crippen molar-refractivity contribution < 1.29 is 32.5 Å². The number of nitriles is 1. The van der Waals surface area contributed by atoms with Crippen LogP contribution in [0.3, 0.4) is 0 Å². The highest BCUT2D eigenvalue weighted by atomic mass is 35.5. The minimum atomic E-state index is -4.31. The fourth-order valence-electron chi connectivity index (χ4n) is 3.99. The molecule has 1 heterocycles. The molecular formula is C27H27ClFN2O6P. The summed E-state index contributed by atoms with van der Waals surface area (Å²) in [6.07, 6.45) is 1.74. The van der Waals surface area contributed by atoms with Gasteiger partial charge in [0.05, 0.1) is 33.9 Å². The summed E-state index contributed by atoms with van der Waals surface area (Å²) in [4.78, 5) is 26.8. The predicted octanol–water partition coefficient (Wildman–Crippen LogP) is 6.11. The second kappa shape index (κ2) is 11.1. The van der Waals surface area contributed by atoms with Crippen molar-refractivity contribution in [2.75, 3.05) is 13.7 Å². The van der Waals surface area contributed by atoms with Crippen LogP contribution in [0.25, 0.3) is 17.0 Å². The number of rotatable bonds is 6. The van der Waals surface area contributed by atoms with E-state index < -0.39 is 36.5 Å². The molecule has 0 aliphatic rings. The van der Waals surface area contributed by atoms with E-state index in [0.717, 1.165) is 11.7 Å². The molecular weight excluding hydrogens is 534 g/mol. The summed E-state index contributed by atoms with van der Waals surface area (Å²) >= 11 is 6.11. The zero-order chi connectivity index (χ0) is 28.4. The lowest BCUT2D eigenvalue weighted by Gasteiger charge is -2.22. The summed E-state index contributed by atoms with van der Waals surface area (Å²) in [5.74, 6) is -2.03. The summed E-state index contributed by atoms with van der Waals surface area (Å²) in [5, 5.41) is 7.99. The number of esters is 1. The highest BCUT2D eigenvalue weighted by Gasteiger charge is 2.42. The fourth-order valence-corrected chi connectivity index (χ4v) is 6.46. The Balaban J connectivity index is 2.55. The van der Waals surface area contributed by atoms with Crippen molar-refractivity contribution in [2.24, 2.45) is 0 Å². The Morgan fingerprint density at radius 3 is 2.50 bits per heavy atom. The van der Waals surface area contributed by atoms with Gasteiger partial charge in [0.25, 0.3) is 7.37 Å². The molecule has 8 nitrogen and oxygen atoms in total. The maximum absolute atomic E-state index is 15.7. The van der Waals surface area contributed by atoms with E-state index in [4.69, 9.17) is 30.9 Å². The molecule has 0 fully saturated rings. The van der Waals surface area contributed by atoms with Gasteiger partial charge in [-0.1, -0.05) is 17.7 Å². The summed E-state index contributed by atoms with van der Waals surface area (Å²) < 4.78 is 47.7. The number of nitrogens with zero attached hydrogens (tertiary/aromatic N) is 2. The third kappa shape index (κ3) is 5.53. The average Bonchev–Trinajstić information content (AvgIpc) is 3.20. The number of carbonyl (C=O) groups excluding carboxylic acids is 2. The van der Waals surface area contributed by atoms with Crippen LogP contribution in [0.5, 0.6) is 0 Å². The zero-order valence-electron chi connectivity index (χ0n) is 21.8. The highest BCUT2D eigenvalue weighted by Crippen LogP contribution is 2.49. The Hall–Kier alpha value is -3.44. The molecule has 0 saturated carbocycles. The topological polar surface area (TPSA) is 108 Å². The van der Waals surface area contributed by atoms with Crippen LogP contribution in [0.15, 0.2) is 36.4 Å². The molecule has 0 saturated heterocycles. The van der Waals surface area contributed by atoms with Crippen LogP contribution >= 0.6 is 19.0 Å². The molecule has 1 aromatic heterocycles. The molecule has 0 aliphatic carbocycles. The number of ether oxygens (including phenoxy) is 2. The first kappa shape index (κ1) is 29.1. The van der Waals surface area contributed by atoms with Crippen LogP contribution in [0.2, 0.25) is 5.02 Å². The molecule has 0 aliphatic heterocycles. The van der Waals surface area contributed by atoms with Gasteiger partial charge in [0.15, 0.2) is 11.5 Å². The first-order chi connectivity index (χ1) is 17.8. The molecule has 2 aromatic carbocycles. The van der Waals surface area contributed by atoms with E-state index in [2.05, 4.69) is 0 Å². The van der Waals surface area contributed by atoms with E-state index in [0.29, 0.717) is 11.1 Å². The van der Waals surface area contributed by atoms with Crippen LogP contribution in [0.1, 0.15) is 49.3 Å². The Kier molecular flexibility index (Phi) is 8.52. The smallest absolute Gasteiger partial charge is 0.419 e. The summed E-state index contributed by atoms with van der Waals surface area (Å²) in [7, 11) is -3.16. The predicted molar refractivity (Wildman–Crippen MR) is 144 cm³/mol. The van der Waals surface area contributed by atoms with E-state index >= 15 is 4.39 Å². The third-order valence-electron chi connectivity index (χ3n) is 5.37. The Labute approximate surface area is 225 Å². The molecule has 0 amide bonds. The van der Waals surface area contributed by atoms with Gasteiger partial charge < -0.3 is 14.0 Å². The molecule has 0 spiro atoms. The molecule has 0 bridgehead atoms. The van der Waals surface area contributed by atoms with Crippen LogP contribution in [-0.4, -0.2) is 35.9 Å². The van der Waals surface area contributed by atoms with Gasteiger partial charge >= 0.3 is 12.1 Å². The fraction of sp³-hybridized carbons (Fsp3) is 0.296. The van der Waals surface area contributed by atoms with E-state index in [1.54, 1.807) is 46.8 Å². The number of hydrogen-bond acceptors (Lipinski definition) is 7. The molecule has 38 heavy (non-hydrogen) atoms. The van der Waals surface area contributed by atoms with Gasteiger partial charge in [-0.3, -0.25) is 4.57 Å². The standard InChI is InChI=1S/C27H27ClFN2O6P/c1-7-36-25(32)23-24(38(34,35-6)18-14-16(2)13-17(15-18)9-8-12-30)21-20(11-10-19(28)22(21)29)31(23)26(33)37-27(3,4)5/h8-11,13-15H,7H2,1-6H3. The minimum absolute atomic E-state index is 0.0812. The molecule has 1 unspecified atom stereocenters. The van der Waals surface area contributed by atoms with Crippen LogP contribution < -0.4 is 10.6 Å². The first-order valence-electron chi connectivity index (χ1n) is 11.6. The lowest BCUT2D eigenvalue weighted by molar-refractivity contribution is 0.0455. The highest BCUT2D eigenvalue weighted by molar-refractivity contribution is 7.75. The maximum Gasteiger partial charge on any atom is 0.419 e. The van der Waals surface area contributed by atoms with Crippen molar-refractivity contribution in [3.8, 4) is 6.07 Å². The van der Waals surface area contributed by atoms with Crippen LogP contribution in [-0.2, 0) is 18.6 Å². The van der Waals surface area contributed by atoms with Crippen LogP contribution in [0, 0.1) is 24.1 Å². The number of allylic oxidation sites excluding steroid dienone is 1. The van der Waals surface area contributed by atoms with Crippen molar-refractivity contribution in [1.29, 1.82) is 5.26 Å². The van der Waals surface area contributed by atoms with Crippen molar-refractivity contribution >= 4 is 58.6 Å². The van der Waals surface area contributed by atoms with Gasteiger partial charge in [0, 0.05) is 18.5 Å². The molecule has 0 N–H and O–H groups in total. The summed E-state index contributed by atoms with van der Waals surface area (Å²) in [6, 6.07) is 9.23. The summed E-state index contributed by atoms with van der Waals surface area (Å²) in [5.41, 5.74) is -0.407. The third-order valence-corrected chi connectivity index (χ3v) is 8.14. The maximum atomic E-state index is 15.7. The Bertz CT molecular complexity index is 1550. The number of hydrogen-bond donors (Lipinski definition) is 0. The van der Waals surface area contributed by atoms with E-state index in [9.17, 15) is 14.2 Å². The molecule has 1 atom stereocenters. The van der Waals surface area contributed by atoms with Crippen molar-refractivity contribution in [2.45, 2.75) is 40.2 Å². The largest absolute Gasteiger partial charge is 0.461 e. The van der Waals surface area contributed by atoms with Gasteiger partial charge in [-0.05, 0) is 76.1 Å². The van der Waals surface area contributed by atoms with Crippen molar-refractivity contribution in [3.05, 3.63) is 64.1 Å². The minimum Gasteiger partial charge on any atom is -0.461 e. The van der Waals surface area contributed by atoms with Gasteiger partial charge in [-0.2, -0.15) is 5.26 Å². The second-order valence-corrected chi connectivity index (χ2v) is 12.1. The van der Waals surface area contributed by atoms with E-state index in [1.165, 1.54) is 30.4 Å². The molecule has 11 heteroatoms. The van der Waals surface area contributed by atoms with Gasteiger partial charge in [-0.15, -0.1) is 0 Å².